The van der Waals surface area contributed by atoms with E-state index in [2.05, 4.69) is 49.2 Å². The van der Waals surface area contributed by atoms with E-state index in [0.29, 0.717) is 0 Å². The van der Waals surface area contributed by atoms with E-state index in [1.165, 1.54) is 48.1 Å². The van der Waals surface area contributed by atoms with Crippen LogP contribution in [0.2, 0.25) is 0 Å². The summed E-state index contributed by atoms with van der Waals surface area (Å²) in [5.41, 5.74) is 5.66. The van der Waals surface area contributed by atoms with Gasteiger partial charge >= 0.3 is 0 Å². The standard InChI is InChI=1S/C16H21N/c1-3-7-13-9-5-10-15(14(13)8-4-2)16-11-6-12-17-16/h5-6,9-12,17H,3-4,7-8H2,1-2H3. The van der Waals surface area contributed by atoms with Gasteiger partial charge in [0, 0.05) is 17.5 Å². The zero-order valence-corrected chi connectivity index (χ0v) is 10.8. The number of rotatable bonds is 5. The molecule has 0 aliphatic rings. The minimum absolute atomic E-state index is 1.17. The van der Waals surface area contributed by atoms with Crippen molar-refractivity contribution >= 4 is 0 Å². The second-order valence-electron chi connectivity index (χ2n) is 4.53. The van der Waals surface area contributed by atoms with Crippen molar-refractivity contribution in [3.05, 3.63) is 47.7 Å². The normalized spacial score (nSPS) is 10.7. The second-order valence-corrected chi connectivity index (χ2v) is 4.53. The molecule has 1 N–H and O–H groups in total. The first kappa shape index (κ1) is 12.0. The quantitative estimate of drug-likeness (QED) is 0.769. The zero-order chi connectivity index (χ0) is 12.1. The number of nitrogens with one attached hydrogen (secondary N) is 1. The van der Waals surface area contributed by atoms with Gasteiger partial charge in [-0.1, -0.05) is 44.9 Å². The van der Waals surface area contributed by atoms with E-state index in [1.807, 2.05) is 6.20 Å². The average Bonchev–Trinajstić information content (AvgIpc) is 2.85. The molecule has 0 aliphatic heterocycles. The lowest BCUT2D eigenvalue weighted by molar-refractivity contribution is 0.862. The van der Waals surface area contributed by atoms with Gasteiger partial charge in [-0.2, -0.15) is 0 Å². The highest BCUT2D eigenvalue weighted by atomic mass is 14.7. The van der Waals surface area contributed by atoms with Gasteiger partial charge in [0.25, 0.3) is 0 Å². The summed E-state index contributed by atoms with van der Waals surface area (Å²) in [7, 11) is 0. The third kappa shape index (κ3) is 2.60. The van der Waals surface area contributed by atoms with E-state index < -0.39 is 0 Å². The Kier molecular flexibility index (Phi) is 4.03. The predicted octanol–water partition coefficient (Wildman–Crippen LogP) is 4.59. The Labute approximate surface area is 104 Å². The molecule has 1 nitrogen and oxygen atoms in total. The minimum Gasteiger partial charge on any atom is -0.361 e. The van der Waals surface area contributed by atoms with E-state index in [9.17, 15) is 0 Å². The SMILES string of the molecule is CCCc1cccc(-c2ccc[nH]2)c1CCC. The Balaban J connectivity index is 2.46. The molecular formula is C16H21N. The topological polar surface area (TPSA) is 15.8 Å². The highest BCUT2D eigenvalue weighted by molar-refractivity contribution is 5.65. The summed E-state index contributed by atoms with van der Waals surface area (Å²) >= 11 is 0. The minimum atomic E-state index is 1.17. The third-order valence-corrected chi connectivity index (χ3v) is 3.18. The van der Waals surface area contributed by atoms with Crippen LogP contribution in [-0.4, -0.2) is 4.98 Å². The number of aromatic amines is 1. The lowest BCUT2D eigenvalue weighted by atomic mass is 9.93. The van der Waals surface area contributed by atoms with Crippen LogP contribution in [0.1, 0.15) is 37.8 Å². The number of benzene rings is 1. The monoisotopic (exact) mass is 227 g/mol. The molecule has 0 saturated heterocycles. The van der Waals surface area contributed by atoms with Gasteiger partial charge in [-0.3, -0.25) is 0 Å². The molecule has 2 rings (SSSR count). The number of hydrogen-bond donors (Lipinski definition) is 1. The Hall–Kier alpha value is -1.50. The summed E-state index contributed by atoms with van der Waals surface area (Å²) in [5.74, 6) is 0. The highest BCUT2D eigenvalue weighted by Crippen LogP contribution is 2.27. The first-order valence-electron chi connectivity index (χ1n) is 6.61. The fourth-order valence-corrected chi connectivity index (χ4v) is 2.43. The predicted molar refractivity (Wildman–Crippen MR) is 74.2 cm³/mol. The molecule has 0 fully saturated rings. The van der Waals surface area contributed by atoms with Crippen molar-refractivity contribution in [1.82, 2.24) is 4.98 Å². The summed E-state index contributed by atoms with van der Waals surface area (Å²) < 4.78 is 0. The maximum Gasteiger partial charge on any atom is 0.0456 e. The first-order chi connectivity index (χ1) is 8.36. The lowest BCUT2D eigenvalue weighted by Gasteiger charge is -2.13. The van der Waals surface area contributed by atoms with Crippen molar-refractivity contribution in [3.63, 3.8) is 0 Å². The van der Waals surface area contributed by atoms with Crippen molar-refractivity contribution in [2.45, 2.75) is 39.5 Å². The van der Waals surface area contributed by atoms with Crippen LogP contribution in [-0.2, 0) is 12.8 Å². The Morgan fingerprint density at radius 3 is 2.41 bits per heavy atom. The molecular weight excluding hydrogens is 206 g/mol. The molecule has 0 aliphatic carbocycles. The summed E-state index contributed by atoms with van der Waals surface area (Å²) in [6, 6.07) is 10.9. The van der Waals surface area contributed by atoms with Crippen LogP contribution < -0.4 is 0 Å². The summed E-state index contributed by atoms with van der Waals surface area (Å²) in [4.78, 5) is 3.32. The number of hydrogen-bond acceptors (Lipinski definition) is 0. The Bertz CT molecular complexity index is 454. The van der Waals surface area contributed by atoms with Gasteiger partial charge in [0.05, 0.1) is 0 Å². The number of aryl methyl sites for hydroxylation is 1. The molecule has 1 heterocycles. The Morgan fingerprint density at radius 2 is 1.76 bits per heavy atom. The average molecular weight is 227 g/mol. The molecule has 2 aromatic rings. The van der Waals surface area contributed by atoms with Gasteiger partial charge in [0.15, 0.2) is 0 Å². The largest absolute Gasteiger partial charge is 0.361 e. The molecule has 0 saturated carbocycles. The fourth-order valence-electron chi connectivity index (χ4n) is 2.43. The second kappa shape index (κ2) is 5.72. The van der Waals surface area contributed by atoms with Crippen LogP contribution >= 0.6 is 0 Å². The number of H-pyrrole nitrogens is 1. The molecule has 1 heteroatoms. The van der Waals surface area contributed by atoms with E-state index in [0.717, 1.165) is 0 Å². The van der Waals surface area contributed by atoms with E-state index >= 15 is 0 Å². The highest BCUT2D eigenvalue weighted by Gasteiger charge is 2.09. The van der Waals surface area contributed by atoms with Gasteiger partial charge in [-0.05, 0) is 36.1 Å². The van der Waals surface area contributed by atoms with E-state index in [-0.39, 0.29) is 0 Å². The summed E-state index contributed by atoms with van der Waals surface area (Å²) in [5, 5.41) is 0. The fraction of sp³-hybridized carbons (Fsp3) is 0.375. The molecule has 0 amide bonds. The molecule has 0 radical (unpaired) electrons. The van der Waals surface area contributed by atoms with Crippen LogP contribution in [0, 0.1) is 0 Å². The maximum absolute atomic E-state index is 3.32. The Morgan fingerprint density at radius 1 is 0.941 bits per heavy atom. The van der Waals surface area contributed by atoms with Crippen LogP contribution in [0.4, 0.5) is 0 Å². The van der Waals surface area contributed by atoms with Crippen molar-refractivity contribution in [2.24, 2.45) is 0 Å². The molecule has 90 valence electrons. The van der Waals surface area contributed by atoms with Crippen molar-refractivity contribution in [3.8, 4) is 11.3 Å². The van der Waals surface area contributed by atoms with Crippen LogP contribution in [0.3, 0.4) is 0 Å². The van der Waals surface area contributed by atoms with Gasteiger partial charge in [-0.15, -0.1) is 0 Å². The lowest BCUT2D eigenvalue weighted by Crippen LogP contribution is -1.97. The molecule has 0 unspecified atom stereocenters. The summed E-state index contributed by atoms with van der Waals surface area (Å²) in [6.45, 7) is 4.50. The first-order valence-corrected chi connectivity index (χ1v) is 6.61. The van der Waals surface area contributed by atoms with E-state index in [4.69, 9.17) is 0 Å². The molecule has 0 atom stereocenters. The zero-order valence-electron chi connectivity index (χ0n) is 10.8. The van der Waals surface area contributed by atoms with Gasteiger partial charge in [0.2, 0.25) is 0 Å². The van der Waals surface area contributed by atoms with Crippen molar-refractivity contribution < 1.29 is 0 Å². The van der Waals surface area contributed by atoms with Gasteiger partial charge < -0.3 is 4.98 Å². The summed E-state index contributed by atoms with van der Waals surface area (Å²) in [6.07, 6.45) is 6.77. The smallest absolute Gasteiger partial charge is 0.0456 e. The van der Waals surface area contributed by atoms with Crippen LogP contribution in [0.5, 0.6) is 0 Å². The number of aromatic nitrogens is 1. The molecule has 0 spiro atoms. The van der Waals surface area contributed by atoms with Crippen LogP contribution in [0.25, 0.3) is 11.3 Å². The van der Waals surface area contributed by atoms with Crippen molar-refractivity contribution in [1.29, 1.82) is 0 Å². The van der Waals surface area contributed by atoms with Crippen LogP contribution in [0.15, 0.2) is 36.5 Å². The maximum atomic E-state index is 3.32. The van der Waals surface area contributed by atoms with Crippen molar-refractivity contribution in [2.75, 3.05) is 0 Å². The molecule has 0 bridgehead atoms. The molecule has 1 aromatic carbocycles. The van der Waals surface area contributed by atoms with E-state index in [1.54, 1.807) is 0 Å². The van der Waals surface area contributed by atoms with Gasteiger partial charge in [0.1, 0.15) is 0 Å². The van der Waals surface area contributed by atoms with Gasteiger partial charge in [-0.25, -0.2) is 0 Å². The third-order valence-electron chi connectivity index (χ3n) is 3.18. The molecule has 17 heavy (non-hydrogen) atoms. The molecule has 1 aromatic heterocycles.